The lowest BCUT2D eigenvalue weighted by Gasteiger charge is -2.20. The summed E-state index contributed by atoms with van der Waals surface area (Å²) in [6, 6.07) is -0.0366. The molecule has 0 unspecified atom stereocenters. The summed E-state index contributed by atoms with van der Waals surface area (Å²) < 4.78 is 11.6. The van der Waals surface area contributed by atoms with E-state index in [9.17, 15) is 15.0 Å². The molecule has 4 atom stereocenters. The molecule has 1 saturated heterocycles. The summed E-state index contributed by atoms with van der Waals surface area (Å²) in [4.78, 5) is 15.1. The molecule has 0 radical (unpaired) electrons. The van der Waals surface area contributed by atoms with Gasteiger partial charge in [-0.3, -0.25) is 9.36 Å². The number of aromatic nitrogens is 2. The van der Waals surface area contributed by atoms with Crippen LogP contribution in [0.5, 0.6) is 6.01 Å². The van der Waals surface area contributed by atoms with Crippen LogP contribution in [0, 0.1) is 6.92 Å². The largest absolute Gasteiger partial charge is 0.468 e. The highest BCUT2D eigenvalue weighted by Crippen LogP contribution is 2.31. The van der Waals surface area contributed by atoms with Crippen molar-refractivity contribution in [1.82, 2.24) is 9.55 Å². The van der Waals surface area contributed by atoms with Gasteiger partial charge in [-0.1, -0.05) is 0 Å². The summed E-state index contributed by atoms with van der Waals surface area (Å²) in [6.07, 6.45) is -2.93. The Kier molecular flexibility index (Phi) is 3.85. The Hall–Kier alpha value is -1.48. The predicted molar refractivity (Wildman–Crippen MR) is 62.8 cm³/mol. The highest BCUT2D eigenvalue weighted by Gasteiger charge is 2.44. The number of aliphatic hydroxyl groups is 3. The third kappa shape index (κ3) is 2.35. The van der Waals surface area contributed by atoms with E-state index in [-0.39, 0.29) is 6.01 Å². The summed E-state index contributed by atoms with van der Waals surface area (Å²) in [6.45, 7) is 1.14. The number of hydrogen-bond acceptors (Lipinski definition) is 7. The molecule has 106 valence electrons. The van der Waals surface area contributed by atoms with Crippen LogP contribution in [0.3, 0.4) is 0 Å². The van der Waals surface area contributed by atoms with Crippen LogP contribution < -0.4 is 10.3 Å². The Morgan fingerprint density at radius 1 is 1.47 bits per heavy atom. The highest BCUT2D eigenvalue weighted by atomic mass is 16.6. The van der Waals surface area contributed by atoms with Gasteiger partial charge in [0.2, 0.25) is 0 Å². The molecule has 8 nitrogen and oxygen atoms in total. The normalized spacial score (nSPS) is 30.6. The molecule has 19 heavy (non-hydrogen) atoms. The van der Waals surface area contributed by atoms with Crippen LogP contribution in [0.1, 0.15) is 11.8 Å². The lowest BCUT2D eigenvalue weighted by Crippen LogP contribution is -2.33. The van der Waals surface area contributed by atoms with E-state index >= 15 is 0 Å². The van der Waals surface area contributed by atoms with Gasteiger partial charge in [-0.2, -0.15) is 4.98 Å². The van der Waals surface area contributed by atoms with Gasteiger partial charge >= 0.3 is 6.01 Å². The first-order chi connectivity index (χ1) is 8.99. The van der Waals surface area contributed by atoms with Crippen molar-refractivity contribution < 1.29 is 24.8 Å². The fourth-order valence-electron chi connectivity index (χ4n) is 2.00. The quantitative estimate of drug-likeness (QED) is 0.593. The minimum atomic E-state index is -1.25. The molecule has 0 bridgehead atoms. The molecule has 1 aliphatic heterocycles. The van der Waals surface area contributed by atoms with E-state index in [1.807, 2.05) is 0 Å². The minimum Gasteiger partial charge on any atom is -0.468 e. The van der Waals surface area contributed by atoms with E-state index in [1.54, 1.807) is 6.92 Å². The number of ether oxygens (including phenoxy) is 2. The number of nitrogens with zero attached hydrogens (tertiary/aromatic N) is 2. The van der Waals surface area contributed by atoms with Crippen molar-refractivity contribution >= 4 is 0 Å². The Morgan fingerprint density at radius 2 is 2.16 bits per heavy atom. The second-order valence-electron chi connectivity index (χ2n) is 4.35. The first-order valence-corrected chi connectivity index (χ1v) is 5.75. The second kappa shape index (κ2) is 5.25. The summed E-state index contributed by atoms with van der Waals surface area (Å²) in [5, 5.41) is 28.7. The van der Waals surface area contributed by atoms with E-state index < -0.39 is 36.7 Å². The van der Waals surface area contributed by atoms with Crippen molar-refractivity contribution in [2.24, 2.45) is 0 Å². The molecule has 2 heterocycles. The average Bonchev–Trinajstić information content (AvgIpc) is 2.69. The summed E-state index contributed by atoms with van der Waals surface area (Å²) in [7, 11) is 1.33. The van der Waals surface area contributed by atoms with Gasteiger partial charge in [0.25, 0.3) is 5.56 Å². The zero-order valence-corrected chi connectivity index (χ0v) is 10.6. The molecule has 8 heteroatoms. The second-order valence-corrected chi connectivity index (χ2v) is 4.35. The Labute approximate surface area is 108 Å². The third-order valence-electron chi connectivity index (χ3n) is 3.06. The number of aliphatic hydroxyl groups excluding tert-OH is 3. The average molecular weight is 272 g/mol. The Bertz CT molecular complexity index is 516. The first-order valence-electron chi connectivity index (χ1n) is 5.75. The SMILES string of the molecule is COc1nc(=O)c(C)cn1[C@@H]1O[C@H](CO)[C@@H](O)[C@H]1O. The fourth-order valence-corrected chi connectivity index (χ4v) is 2.00. The Morgan fingerprint density at radius 3 is 2.68 bits per heavy atom. The van der Waals surface area contributed by atoms with Gasteiger partial charge in [0.05, 0.1) is 13.7 Å². The number of aryl methyl sites for hydroxylation is 1. The van der Waals surface area contributed by atoms with Crippen molar-refractivity contribution in [3.8, 4) is 6.01 Å². The zero-order valence-electron chi connectivity index (χ0n) is 10.6. The number of rotatable bonds is 3. The smallest absolute Gasteiger partial charge is 0.301 e. The monoisotopic (exact) mass is 272 g/mol. The van der Waals surface area contributed by atoms with E-state index in [1.165, 1.54) is 17.9 Å². The van der Waals surface area contributed by atoms with E-state index in [0.29, 0.717) is 5.56 Å². The van der Waals surface area contributed by atoms with Crippen molar-refractivity contribution in [3.05, 3.63) is 22.1 Å². The van der Waals surface area contributed by atoms with Crippen LogP contribution in [0.15, 0.2) is 11.0 Å². The fraction of sp³-hybridized carbons (Fsp3) is 0.636. The molecule has 0 amide bonds. The van der Waals surface area contributed by atoms with Crippen molar-refractivity contribution in [1.29, 1.82) is 0 Å². The van der Waals surface area contributed by atoms with Crippen LogP contribution in [0.2, 0.25) is 0 Å². The maximum Gasteiger partial charge on any atom is 0.301 e. The van der Waals surface area contributed by atoms with Gasteiger partial charge in [-0.25, -0.2) is 0 Å². The third-order valence-corrected chi connectivity index (χ3v) is 3.06. The van der Waals surface area contributed by atoms with Gasteiger partial charge < -0.3 is 24.8 Å². The molecular formula is C11H16N2O6. The maximum atomic E-state index is 11.4. The molecule has 0 aromatic carbocycles. The van der Waals surface area contributed by atoms with Crippen LogP contribution in [0.25, 0.3) is 0 Å². The van der Waals surface area contributed by atoms with Gasteiger partial charge in [-0.15, -0.1) is 0 Å². The summed E-state index contributed by atoms with van der Waals surface area (Å²) >= 11 is 0. The molecule has 1 fully saturated rings. The van der Waals surface area contributed by atoms with Crippen LogP contribution in [0.4, 0.5) is 0 Å². The Balaban J connectivity index is 2.42. The zero-order chi connectivity index (χ0) is 14.2. The molecule has 2 rings (SSSR count). The molecule has 0 aliphatic carbocycles. The molecule has 1 aromatic heterocycles. The van der Waals surface area contributed by atoms with Gasteiger partial charge in [0.1, 0.15) is 18.3 Å². The van der Waals surface area contributed by atoms with E-state index in [4.69, 9.17) is 14.6 Å². The standard InChI is InChI=1S/C11H16N2O6/c1-5-3-13(11(18-2)12-9(5)17)10-8(16)7(15)6(4-14)19-10/h3,6-8,10,14-16H,4H2,1-2H3/t6-,7-,8-,10-/m1/s1. The topological polar surface area (TPSA) is 114 Å². The molecule has 3 N–H and O–H groups in total. The number of methoxy groups -OCH3 is 1. The summed E-state index contributed by atoms with van der Waals surface area (Å²) in [5.41, 5.74) is -0.0987. The lowest BCUT2D eigenvalue weighted by molar-refractivity contribution is -0.0565. The molecule has 0 spiro atoms. The molecular weight excluding hydrogens is 256 g/mol. The van der Waals surface area contributed by atoms with Crippen molar-refractivity contribution in [2.75, 3.05) is 13.7 Å². The predicted octanol–water partition coefficient (Wildman–Crippen LogP) is -1.83. The van der Waals surface area contributed by atoms with E-state index in [0.717, 1.165) is 0 Å². The summed E-state index contributed by atoms with van der Waals surface area (Å²) in [5.74, 6) is 0. The van der Waals surface area contributed by atoms with Crippen molar-refractivity contribution in [2.45, 2.75) is 31.5 Å². The first kappa shape index (κ1) is 13.9. The molecule has 0 saturated carbocycles. The minimum absolute atomic E-state index is 0.0366. The molecule has 1 aromatic rings. The number of hydrogen-bond donors (Lipinski definition) is 3. The van der Waals surface area contributed by atoms with Gasteiger partial charge in [0.15, 0.2) is 6.23 Å². The van der Waals surface area contributed by atoms with Crippen LogP contribution in [-0.2, 0) is 4.74 Å². The maximum absolute atomic E-state index is 11.4. The van der Waals surface area contributed by atoms with Gasteiger partial charge in [0, 0.05) is 11.8 Å². The highest BCUT2D eigenvalue weighted by molar-refractivity contribution is 5.10. The van der Waals surface area contributed by atoms with Gasteiger partial charge in [-0.05, 0) is 6.92 Å². The molecule has 1 aliphatic rings. The van der Waals surface area contributed by atoms with Crippen LogP contribution in [-0.4, -0.2) is 56.9 Å². The van der Waals surface area contributed by atoms with Crippen molar-refractivity contribution in [3.63, 3.8) is 0 Å². The van der Waals surface area contributed by atoms with E-state index in [2.05, 4.69) is 4.98 Å². The lowest BCUT2D eigenvalue weighted by atomic mass is 10.1. The van der Waals surface area contributed by atoms with Crippen LogP contribution >= 0.6 is 0 Å².